The number of hydrogen-bond acceptors (Lipinski definition) is 4. The van der Waals surface area contributed by atoms with Crippen LogP contribution in [-0.4, -0.2) is 34.6 Å². The molecule has 1 heterocycles. The molecule has 2 aromatic rings. The van der Waals surface area contributed by atoms with E-state index >= 15 is 0 Å². The standard InChI is InChI=1S/C14H15BrN2O4/c1-17-10(3-5-16-17)4-6-21-13-11(15)7-9(14(18)19)8-12(13)20-2/h3,5,7-8H,4,6H2,1-2H3,(H,18,19). The number of aromatic carboxylic acids is 1. The van der Waals surface area contributed by atoms with Gasteiger partial charge in [0.05, 0.1) is 23.8 Å². The van der Waals surface area contributed by atoms with E-state index in [1.165, 1.54) is 19.2 Å². The number of methoxy groups -OCH3 is 1. The molecule has 112 valence electrons. The van der Waals surface area contributed by atoms with Gasteiger partial charge in [-0.25, -0.2) is 4.79 Å². The molecule has 0 aliphatic carbocycles. The van der Waals surface area contributed by atoms with Gasteiger partial charge in [0.2, 0.25) is 0 Å². The Bertz CT molecular complexity index is 654. The Morgan fingerprint density at radius 2 is 2.24 bits per heavy atom. The molecule has 1 N–H and O–H groups in total. The summed E-state index contributed by atoms with van der Waals surface area (Å²) in [5.74, 6) is -0.146. The Kier molecular flexibility index (Phi) is 4.85. The quantitative estimate of drug-likeness (QED) is 0.862. The van der Waals surface area contributed by atoms with Crippen LogP contribution in [0.3, 0.4) is 0 Å². The molecule has 0 saturated carbocycles. The molecule has 0 unspecified atom stereocenters. The van der Waals surface area contributed by atoms with E-state index in [2.05, 4.69) is 21.0 Å². The second kappa shape index (κ2) is 6.62. The highest BCUT2D eigenvalue weighted by atomic mass is 79.9. The monoisotopic (exact) mass is 354 g/mol. The molecular formula is C14H15BrN2O4. The molecular weight excluding hydrogens is 340 g/mol. The molecule has 0 bridgehead atoms. The predicted molar refractivity (Wildman–Crippen MR) is 80.1 cm³/mol. The smallest absolute Gasteiger partial charge is 0.335 e. The second-order valence-electron chi connectivity index (χ2n) is 4.34. The van der Waals surface area contributed by atoms with Crippen molar-refractivity contribution in [3.8, 4) is 11.5 Å². The van der Waals surface area contributed by atoms with Crippen molar-refractivity contribution in [2.45, 2.75) is 6.42 Å². The van der Waals surface area contributed by atoms with Gasteiger partial charge in [0.1, 0.15) is 0 Å². The molecule has 0 atom stereocenters. The third-order valence-electron chi connectivity index (χ3n) is 3.00. The van der Waals surface area contributed by atoms with Crippen molar-refractivity contribution >= 4 is 21.9 Å². The first-order chi connectivity index (χ1) is 10.0. The minimum Gasteiger partial charge on any atom is -0.493 e. The summed E-state index contributed by atoms with van der Waals surface area (Å²) in [5.41, 5.74) is 1.19. The van der Waals surface area contributed by atoms with Gasteiger partial charge in [-0.3, -0.25) is 4.68 Å². The van der Waals surface area contributed by atoms with E-state index in [9.17, 15) is 4.79 Å². The van der Waals surface area contributed by atoms with Crippen molar-refractivity contribution in [2.24, 2.45) is 7.05 Å². The van der Waals surface area contributed by atoms with E-state index in [4.69, 9.17) is 14.6 Å². The van der Waals surface area contributed by atoms with Gasteiger partial charge in [-0.2, -0.15) is 5.10 Å². The Labute approximate surface area is 130 Å². The largest absolute Gasteiger partial charge is 0.493 e. The van der Waals surface area contributed by atoms with Crippen LogP contribution in [-0.2, 0) is 13.5 Å². The number of aromatic nitrogens is 2. The summed E-state index contributed by atoms with van der Waals surface area (Å²) in [5, 5.41) is 13.1. The third kappa shape index (κ3) is 3.55. The molecule has 0 spiro atoms. The SMILES string of the molecule is COc1cc(C(=O)O)cc(Br)c1OCCc1ccnn1C. The molecule has 0 fully saturated rings. The maximum Gasteiger partial charge on any atom is 0.335 e. The fourth-order valence-electron chi connectivity index (χ4n) is 1.89. The maximum absolute atomic E-state index is 11.0. The summed E-state index contributed by atoms with van der Waals surface area (Å²) in [6.45, 7) is 0.431. The molecule has 7 heteroatoms. The Balaban J connectivity index is 2.12. The zero-order valence-electron chi connectivity index (χ0n) is 11.7. The first kappa shape index (κ1) is 15.4. The van der Waals surface area contributed by atoms with Crippen LogP contribution in [0.4, 0.5) is 0 Å². The number of benzene rings is 1. The summed E-state index contributed by atoms with van der Waals surface area (Å²) in [7, 11) is 3.34. The van der Waals surface area contributed by atoms with Crippen molar-refractivity contribution in [1.29, 1.82) is 0 Å². The Morgan fingerprint density at radius 3 is 2.81 bits per heavy atom. The van der Waals surface area contributed by atoms with Crippen LogP contribution in [0.2, 0.25) is 0 Å². The lowest BCUT2D eigenvalue weighted by atomic mass is 10.2. The zero-order chi connectivity index (χ0) is 15.4. The zero-order valence-corrected chi connectivity index (χ0v) is 13.3. The molecule has 1 aromatic heterocycles. The summed E-state index contributed by atoms with van der Waals surface area (Å²) in [4.78, 5) is 11.0. The number of ether oxygens (including phenoxy) is 2. The van der Waals surface area contributed by atoms with Crippen molar-refractivity contribution < 1.29 is 19.4 Å². The van der Waals surface area contributed by atoms with Gasteiger partial charge in [0, 0.05) is 25.4 Å². The van der Waals surface area contributed by atoms with Crippen LogP contribution in [0.5, 0.6) is 11.5 Å². The maximum atomic E-state index is 11.0. The highest BCUT2D eigenvalue weighted by Gasteiger charge is 2.15. The van der Waals surface area contributed by atoms with E-state index in [0.29, 0.717) is 29.0 Å². The van der Waals surface area contributed by atoms with Crippen molar-refractivity contribution in [2.75, 3.05) is 13.7 Å². The fourth-order valence-corrected chi connectivity index (χ4v) is 2.44. The molecule has 0 aliphatic heterocycles. The van der Waals surface area contributed by atoms with Crippen LogP contribution in [0.15, 0.2) is 28.9 Å². The van der Waals surface area contributed by atoms with Crippen LogP contribution in [0.25, 0.3) is 0 Å². The summed E-state index contributed by atoms with van der Waals surface area (Å²) in [6, 6.07) is 4.85. The van der Waals surface area contributed by atoms with Gasteiger partial charge in [-0.15, -0.1) is 0 Å². The van der Waals surface area contributed by atoms with Crippen molar-refractivity contribution in [3.05, 3.63) is 40.1 Å². The first-order valence-electron chi connectivity index (χ1n) is 6.23. The molecule has 0 amide bonds. The van der Waals surface area contributed by atoms with Crippen LogP contribution in [0.1, 0.15) is 16.1 Å². The third-order valence-corrected chi connectivity index (χ3v) is 3.59. The topological polar surface area (TPSA) is 73.6 Å². The normalized spacial score (nSPS) is 10.4. The van der Waals surface area contributed by atoms with Crippen LogP contribution in [0, 0.1) is 0 Å². The van der Waals surface area contributed by atoms with E-state index < -0.39 is 5.97 Å². The van der Waals surface area contributed by atoms with E-state index in [-0.39, 0.29) is 5.56 Å². The number of nitrogens with zero attached hydrogens (tertiary/aromatic N) is 2. The molecule has 1 aromatic carbocycles. The fraction of sp³-hybridized carbons (Fsp3) is 0.286. The van der Waals surface area contributed by atoms with Crippen molar-refractivity contribution in [3.63, 3.8) is 0 Å². The Hall–Kier alpha value is -2.02. The number of rotatable bonds is 6. The summed E-state index contributed by atoms with van der Waals surface area (Å²) < 4.78 is 13.2. The van der Waals surface area contributed by atoms with Gasteiger partial charge >= 0.3 is 5.97 Å². The lowest BCUT2D eigenvalue weighted by molar-refractivity contribution is 0.0696. The lowest BCUT2D eigenvalue weighted by Crippen LogP contribution is -2.07. The minimum absolute atomic E-state index is 0.137. The van der Waals surface area contributed by atoms with Crippen LogP contribution < -0.4 is 9.47 Å². The van der Waals surface area contributed by atoms with Gasteiger partial charge in [-0.05, 0) is 34.1 Å². The molecule has 0 radical (unpaired) electrons. The number of aryl methyl sites for hydroxylation is 1. The van der Waals surface area contributed by atoms with E-state index in [0.717, 1.165) is 5.69 Å². The molecule has 0 saturated heterocycles. The molecule has 6 nitrogen and oxygen atoms in total. The van der Waals surface area contributed by atoms with Gasteiger partial charge < -0.3 is 14.6 Å². The lowest BCUT2D eigenvalue weighted by Gasteiger charge is -2.13. The first-order valence-corrected chi connectivity index (χ1v) is 7.02. The number of carbonyl (C=O) groups is 1. The molecule has 0 aliphatic rings. The minimum atomic E-state index is -1.02. The predicted octanol–water partition coefficient (Wildman–Crippen LogP) is 2.51. The number of halogens is 1. The Morgan fingerprint density at radius 1 is 1.48 bits per heavy atom. The molecule has 21 heavy (non-hydrogen) atoms. The average molecular weight is 355 g/mol. The summed E-state index contributed by atoms with van der Waals surface area (Å²) in [6.07, 6.45) is 2.42. The number of carboxylic acid groups (broad SMARTS) is 1. The summed E-state index contributed by atoms with van der Waals surface area (Å²) >= 11 is 3.31. The van der Waals surface area contributed by atoms with E-state index in [1.54, 1.807) is 10.9 Å². The number of hydrogen-bond donors (Lipinski definition) is 1. The van der Waals surface area contributed by atoms with Gasteiger partial charge in [-0.1, -0.05) is 0 Å². The van der Waals surface area contributed by atoms with Gasteiger partial charge in [0.25, 0.3) is 0 Å². The second-order valence-corrected chi connectivity index (χ2v) is 5.19. The number of carboxylic acids is 1. The van der Waals surface area contributed by atoms with Crippen LogP contribution >= 0.6 is 15.9 Å². The molecule has 2 rings (SSSR count). The highest BCUT2D eigenvalue weighted by Crippen LogP contribution is 2.36. The van der Waals surface area contributed by atoms with Gasteiger partial charge in [0.15, 0.2) is 11.5 Å². The van der Waals surface area contributed by atoms with E-state index in [1.807, 2.05) is 13.1 Å². The van der Waals surface area contributed by atoms with Crippen molar-refractivity contribution in [1.82, 2.24) is 9.78 Å². The average Bonchev–Trinajstić information content (AvgIpc) is 2.85. The highest BCUT2D eigenvalue weighted by molar-refractivity contribution is 9.10.